The summed E-state index contributed by atoms with van der Waals surface area (Å²) in [6.07, 6.45) is 8.56. The van der Waals surface area contributed by atoms with Gasteiger partial charge in [0.1, 0.15) is 5.82 Å². The zero-order valence-electron chi connectivity index (χ0n) is 18.2. The summed E-state index contributed by atoms with van der Waals surface area (Å²) in [5.41, 5.74) is 0. The molecule has 1 fully saturated rings. The molecule has 1 aromatic rings. The molecule has 0 aromatic carbocycles. The molecule has 7 heteroatoms. The third-order valence-corrected chi connectivity index (χ3v) is 6.17. The molecule has 0 bridgehead atoms. The maximum absolute atomic E-state index is 5.15. The van der Waals surface area contributed by atoms with Crippen molar-refractivity contribution in [2.45, 2.75) is 58.7 Å². The summed E-state index contributed by atoms with van der Waals surface area (Å²) in [5, 5.41) is 0. The van der Waals surface area contributed by atoms with E-state index in [2.05, 4.69) is 69.2 Å². The summed E-state index contributed by atoms with van der Waals surface area (Å²) in [6, 6.07) is 0. The highest BCUT2D eigenvalue weighted by molar-refractivity contribution is 9.10. The van der Waals surface area contributed by atoms with Crippen LogP contribution in [0.1, 0.15) is 44.9 Å². The van der Waals surface area contributed by atoms with Crippen LogP contribution in [-0.4, -0.2) is 74.0 Å². The number of ether oxygens (including phenoxy) is 1. The largest absolute Gasteiger partial charge is 0.369 e. The number of nitrogens with zero attached hydrogens (tertiary/aromatic N) is 4. The van der Waals surface area contributed by atoms with Crippen LogP contribution >= 0.6 is 15.9 Å². The van der Waals surface area contributed by atoms with Crippen molar-refractivity contribution in [3.05, 3.63) is 22.7 Å². The number of methoxy groups -OCH3 is 1. The molecule has 2 rings (SSSR count). The van der Waals surface area contributed by atoms with E-state index >= 15 is 0 Å². The molecule has 0 spiro atoms. The van der Waals surface area contributed by atoms with E-state index in [1.165, 1.54) is 38.5 Å². The minimum atomic E-state index is -0.949. The standard InChI is InChI=1S/C11H16BrN3.C9H23NOSi/c1-2-4-15-5-3-9(8-15)11-13-6-10(12)7-14-11;1-6-7-10(8-11-2)9-12(3,4)5/h6-7,9H,2-5,8H2,1H3;6-9H2,1-5H3. The highest BCUT2D eigenvalue weighted by Crippen LogP contribution is 2.24. The van der Waals surface area contributed by atoms with Gasteiger partial charge in [-0.3, -0.25) is 4.90 Å². The van der Waals surface area contributed by atoms with Crippen molar-refractivity contribution in [2.75, 3.05) is 46.2 Å². The number of hydrogen-bond acceptors (Lipinski definition) is 5. The minimum absolute atomic E-state index is 0.532. The van der Waals surface area contributed by atoms with Gasteiger partial charge in [0.2, 0.25) is 0 Å². The van der Waals surface area contributed by atoms with Crippen LogP contribution in [0.2, 0.25) is 19.6 Å². The molecule has 1 aliphatic heterocycles. The zero-order chi connectivity index (χ0) is 20.3. The quantitative estimate of drug-likeness (QED) is 0.398. The summed E-state index contributed by atoms with van der Waals surface area (Å²) in [4.78, 5) is 13.6. The lowest BCUT2D eigenvalue weighted by molar-refractivity contribution is 0.0748. The Balaban J connectivity index is 0.000000279. The van der Waals surface area contributed by atoms with E-state index in [4.69, 9.17) is 4.74 Å². The highest BCUT2D eigenvalue weighted by Gasteiger charge is 2.24. The highest BCUT2D eigenvalue weighted by atomic mass is 79.9. The van der Waals surface area contributed by atoms with E-state index < -0.39 is 8.07 Å². The first-order chi connectivity index (χ1) is 12.8. The molecule has 2 heterocycles. The fraction of sp³-hybridized carbons (Fsp3) is 0.800. The smallest absolute Gasteiger partial charge is 0.132 e. The average molecular weight is 460 g/mol. The minimum Gasteiger partial charge on any atom is -0.369 e. The van der Waals surface area contributed by atoms with Crippen LogP contribution < -0.4 is 0 Å². The van der Waals surface area contributed by atoms with Gasteiger partial charge < -0.3 is 9.64 Å². The van der Waals surface area contributed by atoms with Crippen molar-refractivity contribution in [1.29, 1.82) is 0 Å². The maximum Gasteiger partial charge on any atom is 0.132 e. The molecule has 27 heavy (non-hydrogen) atoms. The van der Waals surface area contributed by atoms with Crippen molar-refractivity contribution in [1.82, 2.24) is 19.8 Å². The average Bonchev–Trinajstić information content (AvgIpc) is 3.04. The van der Waals surface area contributed by atoms with E-state index in [1.54, 1.807) is 7.11 Å². The molecule has 1 aliphatic rings. The lowest BCUT2D eigenvalue weighted by Gasteiger charge is -2.27. The summed E-state index contributed by atoms with van der Waals surface area (Å²) < 4.78 is 6.10. The molecule has 156 valence electrons. The van der Waals surface area contributed by atoms with Gasteiger partial charge in [-0.05, 0) is 61.0 Å². The Morgan fingerprint density at radius 1 is 1.22 bits per heavy atom. The molecule has 0 amide bonds. The number of hydrogen-bond donors (Lipinski definition) is 0. The van der Waals surface area contributed by atoms with Gasteiger partial charge in [-0.1, -0.05) is 33.5 Å². The SMILES string of the molecule is CCCN(COC)C[Si](C)(C)C.CCCN1CCC(c2ncc(Br)cn2)C1. The summed E-state index contributed by atoms with van der Waals surface area (Å²) in [5.74, 6) is 1.53. The molecular formula is C20H39BrN4OSi. The van der Waals surface area contributed by atoms with Gasteiger partial charge in [0.15, 0.2) is 0 Å². The van der Waals surface area contributed by atoms with E-state index in [0.717, 1.165) is 30.1 Å². The molecular weight excluding hydrogens is 420 g/mol. The van der Waals surface area contributed by atoms with Crippen LogP contribution in [-0.2, 0) is 4.74 Å². The second-order valence-electron chi connectivity index (χ2n) is 8.58. The molecule has 1 unspecified atom stereocenters. The normalized spacial score (nSPS) is 17.9. The monoisotopic (exact) mass is 458 g/mol. The van der Waals surface area contributed by atoms with Crippen LogP contribution in [0.3, 0.4) is 0 Å². The third kappa shape index (κ3) is 10.7. The fourth-order valence-electron chi connectivity index (χ4n) is 3.45. The second-order valence-corrected chi connectivity index (χ2v) is 14.9. The first-order valence-electron chi connectivity index (χ1n) is 10.2. The van der Waals surface area contributed by atoms with E-state index in [9.17, 15) is 0 Å². The van der Waals surface area contributed by atoms with Crippen LogP contribution in [0.5, 0.6) is 0 Å². The van der Waals surface area contributed by atoms with Crippen molar-refractivity contribution in [3.63, 3.8) is 0 Å². The first-order valence-corrected chi connectivity index (χ1v) is 14.7. The Bertz CT molecular complexity index is 504. The Morgan fingerprint density at radius 3 is 2.41 bits per heavy atom. The van der Waals surface area contributed by atoms with Crippen LogP contribution in [0.25, 0.3) is 0 Å². The Hall–Kier alpha value is -0.343. The number of likely N-dealkylation sites (tertiary alicyclic amines) is 1. The third-order valence-electron chi connectivity index (χ3n) is 4.37. The predicted octanol–water partition coefficient (Wildman–Crippen LogP) is 4.62. The second kappa shape index (κ2) is 13.0. The lowest BCUT2D eigenvalue weighted by atomic mass is 10.1. The van der Waals surface area contributed by atoms with Gasteiger partial charge in [0.05, 0.1) is 19.3 Å². The topological polar surface area (TPSA) is 41.5 Å². The lowest BCUT2D eigenvalue weighted by Crippen LogP contribution is -2.41. The molecule has 5 nitrogen and oxygen atoms in total. The summed E-state index contributed by atoms with van der Waals surface area (Å²) >= 11 is 3.36. The Morgan fingerprint density at radius 2 is 1.89 bits per heavy atom. The van der Waals surface area contributed by atoms with Crippen LogP contribution in [0.4, 0.5) is 0 Å². The van der Waals surface area contributed by atoms with Crippen molar-refractivity contribution in [2.24, 2.45) is 0 Å². The molecule has 1 aromatic heterocycles. The summed E-state index contributed by atoms with van der Waals surface area (Å²) in [7, 11) is 0.822. The van der Waals surface area contributed by atoms with Gasteiger partial charge in [-0.25, -0.2) is 9.97 Å². The molecule has 0 saturated carbocycles. The predicted molar refractivity (Wildman–Crippen MR) is 121 cm³/mol. The van der Waals surface area contributed by atoms with E-state index in [1.807, 2.05) is 12.4 Å². The molecule has 0 radical (unpaired) electrons. The van der Waals surface area contributed by atoms with E-state index in [-0.39, 0.29) is 0 Å². The molecule has 0 aliphatic carbocycles. The van der Waals surface area contributed by atoms with E-state index in [0.29, 0.717) is 5.92 Å². The number of rotatable bonds is 9. The van der Waals surface area contributed by atoms with Crippen molar-refractivity contribution < 1.29 is 4.74 Å². The number of aromatic nitrogens is 2. The number of halogens is 1. The Kier molecular flexibility index (Phi) is 11.9. The zero-order valence-corrected chi connectivity index (χ0v) is 20.8. The van der Waals surface area contributed by atoms with Crippen molar-refractivity contribution >= 4 is 24.0 Å². The van der Waals surface area contributed by atoms with Crippen LogP contribution in [0, 0.1) is 0 Å². The molecule has 1 saturated heterocycles. The summed E-state index contributed by atoms with van der Waals surface area (Å²) in [6.45, 7) is 17.1. The maximum atomic E-state index is 5.15. The van der Waals surface area contributed by atoms with Gasteiger partial charge in [0.25, 0.3) is 0 Å². The van der Waals surface area contributed by atoms with Gasteiger partial charge >= 0.3 is 0 Å². The van der Waals surface area contributed by atoms with Gasteiger partial charge in [-0.15, -0.1) is 0 Å². The molecule has 1 atom stereocenters. The van der Waals surface area contributed by atoms with Crippen LogP contribution in [0.15, 0.2) is 16.9 Å². The fourth-order valence-corrected chi connectivity index (χ4v) is 5.25. The molecule has 0 N–H and O–H groups in total. The Labute approximate surface area is 176 Å². The first kappa shape index (κ1) is 24.7. The van der Waals surface area contributed by atoms with Crippen molar-refractivity contribution in [3.8, 4) is 0 Å². The van der Waals surface area contributed by atoms with Gasteiger partial charge in [0, 0.05) is 32.0 Å². The van der Waals surface area contributed by atoms with Gasteiger partial charge in [-0.2, -0.15) is 0 Å².